The van der Waals surface area contributed by atoms with E-state index in [1.807, 2.05) is 13.0 Å². The van der Waals surface area contributed by atoms with Crippen molar-refractivity contribution in [3.05, 3.63) is 47.7 Å². The van der Waals surface area contributed by atoms with Crippen molar-refractivity contribution < 1.29 is 41.4 Å². The molecule has 1 unspecified atom stereocenters. The number of aliphatic carboxylic acids is 1. The first-order valence-electron chi connectivity index (χ1n) is 12.4. The van der Waals surface area contributed by atoms with E-state index in [2.05, 4.69) is 19.5 Å². The number of aromatic carboxylic acids is 1. The SMILES string of the molecule is Cc1cccc(S(=O)(=O)Nc2cc(C(=O)O)cnc2N2CCCC(CN3CCCC3)C2)c1.O=C(O)C(F)(F)F. The fourth-order valence-corrected chi connectivity index (χ4v) is 5.78. The van der Waals surface area contributed by atoms with Crippen LogP contribution in [0.2, 0.25) is 0 Å². The van der Waals surface area contributed by atoms with Gasteiger partial charge in [-0.1, -0.05) is 12.1 Å². The van der Waals surface area contributed by atoms with Crippen LogP contribution in [0.3, 0.4) is 0 Å². The summed E-state index contributed by atoms with van der Waals surface area (Å²) in [6.45, 7) is 6.68. The fraction of sp³-hybridized carbons (Fsp3) is 0.480. The Labute approximate surface area is 224 Å². The van der Waals surface area contributed by atoms with E-state index >= 15 is 0 Å². The molecule has 2 saturated heterocycles. The number of carboxylic acids is 2. The summed E-state index contributed by atoms with van der Waals surface area (Å²) in [7, 11) is -3.89. The number of benzene rings is 1. The molecule has 4 rings (SSSR count). The van der Waals surface area contributed by atoms with Gasteiger partial charge in [-0.25, -0.2) is 23.0 Å². The number of aromatic nitrogens is 1. The van der Waals surface area contributed by atoms with Gasteiger partial charge in [-0.05, 0) is 75.4 Å². The third-order valence-corrected chi connectivity index (χ3v) is 7.80. The summed E-state index contributed by atoms with van der Waals surface area (Å²) in [5, 5.41) is 16.6. The summed E-state index contributed by atoms with van der Waals surface area (Å²) in [5.74, 6) is -2.94. The quantitative estimate of drug-likeness (QED) is 0.452. The number of piperidine rings is 1. The minimum absolute atomic E-state index is 0.0543. The van der Waals surface area contributed by atoms with Crippen LogP contribution in [-0.4, -0.2) is 79.4 Å². The molecule has 3 heterocycles. The number of aryl methyl sites for hydroxylation is 1. The van der Waals surface area contributed by atoms with E-state index in [4.69, 9.17) is 9.90 Å². The van der Waals surface area contributed by atoms with Crippen molar-refractivity contribution in [2.75, 3.05) is 42.3 Å². The van der Waals surface area contributed by atoms with Gasteiger partial charge >= 0.3 is 18.1 Å². The van der Waals surface area contributed by atoms with Gasteiger partial charge < -0.3 is 20.0 Å². The molecule has 39 heavy (non-hydrogen) atoms. The van der Waals surface area contributed by atoms with Crippen molar-refractivity contribution in [2.24, 2.45) is 5.92 Å². The number of anilines is 2. The Balaban J connectivity index is 0.000000532. The minimum atomic E-state index is -5.08. The second-order valence-electron chi connectivity index (χ2n) is 9.59. The zero-order valence-electron chi connectivity index (χ0n) is 21.3. The molecule has 2 aliphatic rings. The number of carbonyl (C=O) groups is 2. The predicted octanol–water partition coefficient (Wildman–Crippen LogP) is 3.83. The Bertz CT molecular complexity index is 1280. The first-order chi connectivity index (χ1) is 18.3. The van der Waals surface area contributed by atoms with Crippen LogP contribution in [0, 0.1) is 12.8 Å². The Hall–Kier alpha value is -3.39. The van der Waals surface area contributed by atoms with E-state index in [0.29, 0.717) is 11.7 Å². The van der Waals surface area contributed by atoms with E-state index in [-0.39, 0.29) is 16.1 Å². The summed E-state index contributed by atoms with van der Waals surface area (Å²) < 4.78 is 60.4. The number of rotatable bonds is 7. The zero-order chi connectivity index (χ0) is 28.8. The average Bonchev–Trinajstić information content (AvgIpc) is 3.37. The summed E-state index contributed by atoms with van der Waals surface area (Å²) in [5.41, 5.74) is 0.973. The van der Waals surface area contributed by atoms with Crippen molar-refractivity contribution in [3.8, 4) is 0 Å². The Morgan fingerprint density at radius 3 is 2.36 bits per heavy atom. The lowest BCUT2D eigenvalue weighted by atomic mass is 9.97. The molecule has 1 atom stereocenters. The summed E-state index contributed by atoms with van der Waals surface area (Å²) >= 11 is 0. The lowest BCUT2D eigenvalue weighted by Gasteiger charge is -2.36. The molecule has 2 fully saturated rings. The average molecular weight is 573 g/mol. The molecule has 14 heteroatoms. The van der Waals surface area contributed by atoms with Gasteiger partial charge in [-0.2, -0.15) is 13.2 Å². The molecular formula is C25H31F3N4O6S. The van der Waals surface area contributed by atoms with E-state index in [1.54, 1.807) is 12.1 Å². The molecule has 0 aliphatic carbocycles. The van der Waals surface area contributed by atoms with Crippen LogP contribution < -0.4 is 9.62 Å². The molecule has 2 aromatic rings. The highest BCUT2D eigenvalue weighted by Crippen LogP contribution is 2.31. The number of alkyl halides is 3. The minimum Gasteiger partial charge on any atom is -0.478 e. The lowest BCUT2D eigenvalue weighted by Crippen LogP contribution is -2.41. The molecule has 0 saturated carbocycles. The Morgan fingerprint density at radius 1 is 1.10 bits per heavy atom. The van der Waals surface area contributed by atoms with Crippen molar-refractivity contribution in [2.45, 2.75) is 43.7 Å². The Kier molecular flexibility index (Phi) is 9.78. The van der Waals surface area contributed by atoms with Crippen molar-refractivity contribution in [3.63, 3.8) is 0 Å². The van der Waals surface area contributed by atoms with Crippen LogP contribution >= 0.6 is 0 Å². The summed E-state index contributed by atoms with van der Waals surface area (Å²) in [6.07, 6.45) is 0.834. The molecule has 0 bridgehead atoms. The van der Waals surface area contributed by atoms with Gasteiger partial charge in [0.1, 0.15) is 0 Å². The van der Waals surface area contributed by atoms with Gasteiger partial charge in [-0.15, -0.1) is 0 Å². The molecule has 1 aromatic heterocycles. The number of carboxylic acid groups (broad SMARTS) is 2. The summed E-state index contributed by atoms with van der Waals surface area (Å²) in [6, 6.07) is 7.98. The monoisotopic (exact) mass is 572 g/mol. The highest BCUT2D eigenvalue weighted by Gasteiger charge is 2.38. The van der Waals surface area contributed by atoms with Crippen molar-refractivity contribution >= 4 is 33.5 Å². The highest BCUT2D eigenvalue weighted by atomic mass is 32.2. The number of nitrogens with zero attached hydrogens (tertiary/aromatic N) is 3. The maximum atomic E-state index is 13.1. The third kappa shape index (κ3) is 8.55. The van der Waals surface area contributed by atoms with E-state index < -0.39 is 28.1 Å². The van der Waals surface area contributed by atoms with Crippen LogP contribution in [0.5, 0.6) is 0 Å². The van der Waals surface area contributed by atoms with Crippen LogP contribution in [0.4, 0.5) is 24.7 Å². The molecule has 214 valence electrons. The molecule has 10 nitrogen and oxygen atoms in total. The van der Waals surface area contributed by atoms with Gasteiger partial charge in [0, 0.05) is 25.8 Å². The number of hydrogen-bond acceptors (Lipinski definition) is 7. The third-order valence-electron chi connectivity index (χ3n) is 6.43. The van der Waals surface area contributed by atoms with Crippen LogP contribution in [0.25, 0.3) is 0 Å². The molecule has 1 aromatic carbocycles. The maximum absolute atomic E-state index is 13.1. The van der Waals surface area contributed by atoms with E-state index in [0.717, 1.165) is 51.1 Å². The van der Waals surface area contributed by atoms with Crippen LogP contribution in [0.1, 0.15) is 41.6 Å². The van der Waals surface area contributed by atoms with Crippen molar-refractivity contribution in [1.82, 2.24) is 9.88 Å². The van der Waals surface area contributed by atoms with Gasteiger partial charge in [-0.3, -0.25) is 4.72 Å². The van der Waals surface area contributed by atoms with Crippen molar-refractivity contribution in [1.29, 1.82) is 0 Å². The second kappa shape index (κ2) is 12.6. The largest absolute Gasteiger partial charge is 0.490 e. The van der Waals surface area contributed by atoms with Gasteiger partial charge in [0.25, 0.3) is 10.0 Å². The highest BCUT2D eigenvalue weighted by molar-refractivity contribution is 7.92. The first-order valence-corrected chi connectivity index (χ1v) is 13.8. The summed E-state index contributed by atoms with van der Waals surface area (Å²) in [4.78, 5) is 29.5. The molecule has 0 amide bonds. The maximum Gasteiger partial charge on any atom is 0.490 e. The molecule has 3 N–H and O–H groups in total. The topological polar surface area (TPSA) is 140 Å². The van der Waals surface area contributed by atoms with E-state index in [9.17, 15) is 31.5 Å². The number of pyridine rings is 1. The van der Waals surface area contributed by atoms with E-state index in [1.165, 1.54) is 31.2 Å². The van der Waals surface area contributed by atoms with Crippen LogP contribution in [0.15, 0.2) is 41.4 Å². The Morgan fingerprint density at radius 2 is 1.77 bits per heavy atom. The van der Waals surface area contributed by atoms with Gasteiger partial charge in [0.05, 0.1) is 16.1 Å². The van der Waals surface area contributed by atoms with Gasteiger partial charge in [0.15, 0.2) is 5.82 Å². The molecular weight excluding hydrogens is 541 g/mol. The normalized spacial score (nSPS) is 18.3. The number of halogens is 3. The van der Waals surface area contributed by atoms with Gasteiger partial charge in [0.2, 0.25) is 0 Å². The molecule has 0 spiro atoms. The zero-order valence-corrected chi connectivity index (χ0v) is 22.1. The standard InChI is InChI=1S/C23H30N4O4S.C2HF3O2/c1-17-6-4-8-20(12-17)32(30,31)25-21-13-19(23(28)29)14-24-22(21)27-11-5-7-18(16-27)15-26-9-2-3-10-26;3-2(4,5)1(6)7/h4,6,8,12-14,18,25H,2-3,5,7,9-11,15-16H2,1H3,(H,28,29);(H,6,7). The number of likely N-dealkylation sites (tertiary alicyclic amines) is 1. The molecule has 0 radical (unpaired) electrons. The molecule has 2 aliphatic heterocycles. The smallest absolute Gasteiger partial charge is 0.478 e. The number of hydrogen-bond donors (Lipinski definition) is 3. The fourth-order valence-electron chi connectivity index (χ4n) is 4.62. The van der Waals surface area contributed by atoms with Crippen LogP contribution in [-0.2, 0) is 14.8 Å². The lowest BCUT2D eigenvalue weighted by molar-refractivity contribution is -0.192. The second-order valence-corrected chi connectivity index (χ2v) is 11.3. The number of nitrogens with one attached hydrogen (secondary N) is 1. The first kappa shape index (κ1) is 30.2. The number of sulfonamides is 1. The predicted molar refractivity (Wildman–Crippen MR) is 137 cm³/mol.